The number of likely N-dealkylation sites (N-methyl/N-ethyl adjacent to an activating group) is 1. The van der Waals surface area contributed by atoms with Crippen molar-refractivity contribution < 1.29 is 35.9 Å². The number of carbonyl (C=O) groups excluding carboxylic acids is 2. The van der Waals surface area contributed by atoms with Crippen LogP contribution in [0.5, 0.6) is 0 Å². The van der Waals surface area contributed by atoms with Crippen molar-refractivity contribution in [1.82, 2.24) is 14.8 Å². The summed E-state index contributed by atoms with van der Waals surface area (Å²) in [4.78, 5) is 36.4. The molecule has 2 aromatic carbocycles. The molecule has 0 radical (unpaired) electrons. The molecule has 1 fully saturated rings. The molecule has 41 heavy (non-hydrogen) atoms. The van der Waals surface area contributed by atoms with Crippen LogP contribution in [-0.4, -0.2) is 66.7 Å². The summed E-state index contributed by atoms with van der Waals surface area (Å²) in [5.74, 6) is -0.754. The molecule has 0 spiro atoms. The molecule has 1 aromatic heterocycles. The van der Waals surface area contributed by atoms with Gasteiger partial charge >= 0.3 is 12.4 Å². The van der Waals surface area contributed by atoms with Crippen molar-refractivity contribution in [2.45, 2.75) is 18.9 Å². The van der Waals surface area contributed by atoms with Crippen LogP contribution in [0, 0.1) is 0 Å². The first-order chi connectivity index (χ1) is 18.7. The average molecular weight is 601 g/mol. The molecule has 220 valence electrons. The average Bonchev–Trinajstić information content (AvgIpc) is 2.91. The summed E-state index contributed by atoms with van der Waals surface area (Å²) in [6.45, 7) is 2.26. The van der Waals surface area contributed by atoms with Gasteiger partial charge in [-0.05, 0) is 36.9 Å². The van der Waals surface area contributed by atoms with Gasteiger partial charge < -0.3 is 14.7 Å². The number of anilines is 1. The standard InChI is InChI=1S/C28H26F6N4O2.ClH/c1-36-8-10-38(11-9-36)24-15-22(25(39)19-6-4-3-5-7-19)23(16-35-24)26(40)37(2)17-18-12-20(27(29,30)31)14-21(13-18)28(32,33)34;/h3-7,12-16H,8-11,17H2,1-2H3;1H. The van der Waals surface area contributed by atoms with Gasteiger partial charge in [-0.15, -0.1) is 12.4 Å². The first kappa shape index (κ1) is 31.9. The zero-order chi connectivity index (χ0) is 29.2. The molecule has 0 atom stereocenters. The van der Waals surface area contributed by atoms with Crippen molar-refractivity contribution in [3.63, 3.8) is 0 Å². The van der Waals surface area contributed by atoms with Crippen LogP contribution in [0.1, 0.15) is 43.0 Å². The van der Waals surface area contributed by atoms with E-state index in [-0.39, 0.29) is 35.2 Å². The number of pyridine rings is 1. The van der Waals surface area contributed by atoms with Crippen molar-refractivity contribution in [3.8, 4) is 0 Å². The van der Waals surface area contributed by atoms with Crippen LogP contribution < -0.4 is 4.90 Å². The van der Waals surface area contributed by atoms with Crippen LogP contribution in [0.3, 0.4) is 0 Å². The van der Waals surface area contributed by atoms with Gasteiger partial charge in [0.05, 0.1) is 16.7 Å². The van der Waals surface area contributed by atoms with E-state index in [0.717, 1.165) is 18.0 Å². The van der Waals surface area contributed by atoms with E-state index in [1.165, 1.54) is 19.3 Å². The van der Waals surface area contributed by atoms with E-state index >= 15 is 0 Å². The Morgan fingerprint density at radius 3 is 1.95 bits per heavy atom. The fourth-order valence-electron chi connectivity index (χ4n) is 4.42. The molecule has 0 aliphatic carbocycles. The lowest BCUT2D eigenvalue weighted by Gasteiger charge is -2.33. The van der Waals surface area contributed by atoms with Gasteiger partial charge in [-0.3, -0.25) is 9.59 Å². The second-order valence-electron chi connectivity index (χ2n) is 9.65. The smallest absolute Gasteiger partial charge is 0.354 e. The van der Waals surface area contributed by atoms with E-state index in [1.54, 1.807) is 30.3 Å². The topological polar surface area (TPSA) is 56.8 Å². The number of alkyl halides is 6. The monoisotopic (exact) mass is 600 g/mol. The fraction of sp³-hybridized carbons (Fsp3) is 0.321. The van der Waals surface area contributed by atoms with Crippen molar-refractivity contribution >= 4 is 29.9 Å². The molecule has 1 amide bonds. The quantitative estimate of drug-likeness (QED) is 0.265. The first-order valence-corrected chi connectivity index (χ1v) is 12.3. The number of piperazine rings is 1. The van der Waals surface area contributed by atoms with Crippen LogP contribution in [0.15, 0.2) is 60.8 Å². The van der Waals surface area contributed by atoms with Gasteiger partial charge in [0.2, 0.25) is 0 Å². The molecule has 1 saturated heterocycles. The zero-order valence-electron chi connectivity index (χ0n) is 22.1. The van der Waals surface area contributed by atoms with Gasteiger partial charge in [-0.1, -0.05) is 30.3 Å². The minimum atomic E-state index is -5.02. The highest BCUT2D eigenvalue weighted by atomic mass is 35.5. The van der Waals surface area contributed by atoms with Gasteiger partial charge in [0, 0.05) is 57.1 Å². The number of nitrogens with zero attached hydrogens (tertiary/aromatic N) is 4. The lowest BCUT2D eigenvalue weighted by atomic mass is 9.98. The van der Waals surface area contributed by atoms with E-state index in [9.17, 15) is 35.9 Å². The maximum atomic E-state index is 13.5. The molecule has 13 heteroatoms. The normalized spacial score (nSPS) is 14.4. The number of amides is 1. The van der Waals surface area contributed by atoms with Gasteiger partial charge in [-0.25, -0.2) is 4.98 Å². The Morgan fingerprint density at radius 1 is 0.854 bits per heavy atom. The molecular formula is C28H27ClF6N4O2. The summed E-state index contributed by atoms with van der Waals surface area (Å²) in [5, 5.41) is 0. The van der Waals surface area contributed by atoms with E-state index in [0.29, 0.717) is 36.6 Å². The van der Waals surface area contributed by atoms with Crippen LogP contribution >= 0.6 is 12.4 Å². The molecule has 1 aliphatic heterocycles. The van der Waals surface area contributed by atoms with Crippen molar-refractivity contribution in [1.29, 1.82) is 0 Å². The Bertz CT molecular complexity index is 1360. The highest BCUT2D eigenvalue weighted by Gasteiger charge is 2.37. The molecule has 4 rings (SSSR count). The number of ketones is 1. The van der Waals surface area contributed by atoms with E-state index in [2.05, 4.69) is 9.88 Å². The number of benzene rings is 2. The predicted octanol–water partition coefficient (Wildman–Crippen LogP) is 5.80. The summed E-state index contributed by atoms with van der Waals surface area (Å²) in [5.41, 5.74) is -3.09. The summed E-state index contributed by atoms with van der Waals surface area (Å²) in [6, 6.07) is 10.9. The third-order valence-corrected chi connectivity index (χ3v) is 6.64. The Balaban J connectivity index is 0.00000462. The lowest BCUT2D eigenvalue weighted by molar-refractivity contribution is -0.143. The highest BCUT2D eigenvalue weighted by Crippen LogP contribution is 2.36. The third-order valence-electron chi connectivity index (χ3n) is 6.64. The summed E-state index contributed by atoms with van der Waals surface area (Å²) in [7, 11) is 3.22. The van der Waals surface area contributed by atoms with Crippen molar-refractivity contribution in [3.05, 3.63) is 94.2 Å². The van der Waals surface area contributed by atoms with E-state index in [1.807, 2.05) is 11.9 Å². The Kier molecular flexibility index (Phi) is 9.70. The van der Waals surface area contributed by atoms with Crippen LogP contribution in [0.4, 0.5) is 32.2 Å². The number of rotatable bonds is 6. The number of aromatic nitrogens is 1. The van der Waals surface area contributed by atoms with Gasteiger partial charge in [0.1, 0.15) is 5.82 Å². The summed E-state index contributed by atoms with van der Waals surface area (Å²) in [6.07, 6.45) is -8.80. The molecule has 0 saturated carbocycles. The Hall–Kier alpha value is -3.64. The summed E-state index contributed by atoms with van der Waals surface area (Å²) >= 11 is 0. The number of hydrogen-bond donors (Lipinski definition) is 0. The number of hydrogen-bond acceptors (Lipinski definition) is 5. The fourth-order valence-corrected chi connectivity index (χ4v) is 4.42. The summed E-state index contributed by atoms with van der Waals surface area (Å²) < 4.78 is 79.9. The second-order valence-corrected chi connectivity index (χ2v) is 9.65. The molecule has 0 bridgehead atoms. The van der Waals surface area contributed by atoms with Crippen molar-refractivity contribution in [2.75, 3.05) is 45.2 Å². The molecule has 2 heterocycles. The van der Waals surface area contributed by atoms with Gasteiger partial charge in [-0.2, -0.15) is 26.3 Å². The molecule has 1 aliphatic rings. The molecule has 0 N–H and O–H groups in total. The van der Waals surface area contributed by atoms with Crippen LogP contribution in [0.2, 0.25) is 0 Å². The van der Waals surface area contributed by atoms with Crippen LogP contribution in [0.25, 0.3) is 0 Å². The SMILES string of the molecule is CN1CCN(c2cc(C(=O)c3ccccc3)c(C(=O)N(C)Cc3cc(C(F)(F)F)cc(C(F)(F)F)c3)cn2)CC1.Cl. The third kappa shape index (κ3) is 7.56. The first-order valence-electron chi connectivity index (χ1n) is 12.3. The van der Waals surface area contributed by atoms with E-state index < -0.39 is 41.7 Å². The van der Waals surface area contributed by atoms with E-state index in [4.69, 9.17) is 0 Å². The number of halogens is 7. The van der Waals surface area contributed by atoms with Crippen LogP contribution in [-0.2, 0) is 18.9 Å². The largest absolute Gasteiger partial charge is 0.416 e. The molecule has 0 unspecified atom stereocenters. The maximum absolute atomic E-state index is 13.5. The number of carbonyl (C=O) groups is 2. The second kappa shape index (κ2) is 12.5. The molecular weight excluding hydrogens is 574 g/mol. The molecule has 3 aromatic rings. The van der Waals surface area contributed by atoms with Gasteiger partial charge in [0.25, 0.3) is 5.91 Å². The van der Waals surface area contributed by atoms with Crippen molar-refractivity contribution in [2.24, 2.45) is 0 Å². The highest BCUT2D eigenvalue weighted by molar-refractivity contribution is 6.15. The zero-order valence-corrected chi connectivity index (χ0v) is 22.9. The minimum Gasteiger partial charge on any atom is -0.354 e. The Labute approximate surface area is 239 Å². The lowest BCUT2D eigenvalue weighted by Crippen LogP contribution is -2.45. The van der Waals surface area contributed by atoms with Gasteiger partial charge in [0.15, 0.2) is 5.78 Å². The Morgan fingerprint density at radius 2 is 1.41 bits per heavy atom. The minimum absolute atomic E-state index is 0. The predicted molar refractivity (Wildman–Crippen MR) is 143 cm³/mol. The maximum Gasteiger partial charge on any atom is 0.416 e. The molecule has 6 nitrogen and oxygen atoms in total.